The summed E-state index contributed by atoms with van der Waals surface area (Å²) in [4.78, 5) is 0. The van der Waals surface area contributed by atoms with Crippen LogP contribution in [0.15, 0.2) is 24.3 Å². The number of ether oxygens (including phenoxy) is 1. The van der Waals surface area contributed by atoms with Crippen LogP contribution in [0.3, 0.4) is 0 Å². The van der Waals surface area contributed by atoms with Gasteiger partial charge in [-0.3, -0.25) is 0 Å². The van der Waals surface area contributed by atoms with E-state index in [9.17, 15) is 5.11 Å². The normalized spacial score (nSPS) is 13.5. The molecule has 0 heterocycles. The third kappa shape index (κ3) is 5.22. The van der Waals surface area contributed by atoms with Crippen molar-refractivity contribution >= 4 is 0 Å². The van der Waals surface area contributed by atoms with Crippen LogP contribution >= 0.6 is 0 Å². The summed E-state index contributed by atoms with van der Waals surface area (Å²) in [5.74, 6) is 0.876. The molecule has 0 aliphatic heterocycles. The van der Waals surface area contributed by atoms with Crippen molar-refractivity contribution < 1.29 is 9.84 Å². The van der Waals surface area contributed by atoms with E-state index in [0.29, 0.717) is 5.41 Å². The molecular weight excluding hydrogens is 212 g/mol. The monoisotopic (exact) mass is 236 g/mol. The second kappa shape index (κ2) is 6.06. The summed E-state index contributed by atoms with van der Waals surface area (Å²) in [5.41, 5.74) is 1.26. The minimum atomic E-state index is -0.362. The van der Waals surface area contributed by atoms with Crippen LogP contribution in [0.5, 0.6) is 5.75 Å². The standard InChI is InChI=1S/C15H24O2/c1-5-14(16)12-6-8-13(9-7-12)17-11-10-15(2,3)4/h6-9,14,16H,5,10-11H2,1-4H3. The summed E-state index contributed by atoms with van der Waals surface area (Å²) in [6.45, 7) is 9.32. The first-order chi connectivity index (χ1) is 7.92. The fourth-order valence-corrected chi connectivity index (χ4v) is 1.50. The van der Waals surface area contributed by atoms with Gasteiger partial charge in [-0.05, 0) is 36.0 Å². The fraction of sp³-hybridized carbons (Fsp3) is 0.600. The molecule has 0 amide bonds. The van der Waals surface area contributed by atoms with Gasteiger partial charge in [0.1, 0.15) is 5.75 Å². The van der Waals surface area contributed by atoms with Crippen LogP contribution in [0.2, 0.25) is 0 Å². The predicted octanol–water partition coefficient (Wildman–Crippen LogP) is 3.95. The molecule has 0 aliphatic carbocycles. The van der Waals surface area contributed by atoms with Crippen molar-refractivity contribution in [2.75, 3.05) is 6.61 Å². The number of hydrogen-bond donors (Lipinski definition) is 1. The Bertz CT molecular complexity index is 322. The molecule has 2 nitrogen and oxygen atoms in total. The first kappa shape index (κ1) is 14.0. The first-order valence-electron chi connectivity index (χ1n) is 6.33. The average Bonchev–Trinajstić information content (AvgIpc) is 2.27. The smallest absolute Gasteiger partial charge is 0.119 e. The van der Waals surface area contributed by atoms with Gasteiger partial charge >= 0.3 is 0 Å². The van der Waals surface area contributed by atoms with Crippen molar-refractivity contribution in [1.29, 1.82) is 0 Å². The lowest BCUT2D eigenvalue weighted by Gasteiger charge is -2.18. The molecule has 1 unspecified atom stereocenters. The van der Waals surface area contributed by atoms with E-state index >= 15 is 0 Å². The second-order valence-corrected chi connectivity index (χ2v) is 5.65. The fourth-order valence-electron chi connectivity index (χ4n) is 1.50. The van der Waals surface area contributed by atoms with Gasteiger partial charge in [0.05, 0.1) is 12.7 Å². The lowest BCUT2D eigenvalue weighted by Crippen LogP contribution is -2.11. The van der Waals surface area contributed by atoms with E-state index in [1.165, 1.54) is 0 Å². The van der Waals surface area contributed by atoms with Gasteiger partial charge in [0, 0.05) is 0 Å². The van der Waals surface area contributed by atoms with Crippen LogP contribution in [-0.4, -0.2) is 11.7 Å². The molecule has 0 aliphatic rings. The van der Waals surface area contributed by atoms with Crippen LogP contribution in [0.1, 0.15) is 52.2 Å². The van der Waals surface area contributed by atoms with Gasteiger partial charge in [0.25, 0.3) is 0 Å². The number of rotatable bonds is 5. The van der Waals surface area contributed by atoms with Crippen molar-refractivity contribution in [2.45, 2.75) is 46.6 Å². The highest BCUT2D eigenvalue weighted by atomic mass is 16.5. The number of benzene rings is 1. The van der Waals surface area contributed by atoms with Gasteiger partial charge in [0.15, 0.2) is 0 Å². The zero-order chi connectivity index (χ0) is 12.9. The molecule has 0 aromatic heterocycles. The van der Waals surface area contributed by atoms with Crippen molar-refractivity contribution in [3.8, 4) is 5.75 Å². The zero-order valence-corrected chi connectivity index (χ0v) is 11.4. The largest absolute Gasteiger partial charge is 0.494 e. The molecule has 1 N–H and O–H groups in total. The van der Waals surface area contributed by atoms with E-state index < -0.39 is 0 Å². The number of aliphatic hydroxyl groups excluding tert-OH is 1. The second-order valence-electron chi connectivity index (χ2n) is 5.65. The molecule has 2 heteroatoms. The van der Waals surface area contributed by atoms with E-state index in [0.717, 1.165) is 30.8 Å². The SMILES string of the molecule is CCC(O)c1ccc(OCCC(C)(C)C)cc1. The third-order valence-corrected chi connectivity index (χ3v) is 2.77. The topological polar surface area (TPSA) is 29.5 Å². The molecule has 17 heavy (non-hydrogen) atoms. The first-order valence-corrected chi connectivity index (χ1v) is 6.33. The summed E-state index contributed by atoms with van der Waals surface area (Å²) in [6.07, 6.45) is 1.41. The Balaban J connectivity index is 2.46. The van der Waals surface area contributed by atoms with E-state index in [2.05, 4.69) is 20.8 Å². The average molecular weight is 236 g/mol. The quantitative estimate of drug-likeness (QED) is 0.839. The predicted molar refractivity (Wildman–Crippen MR) is 71.3 cm³/mol. The molecule has 0 bridgehead atoms. The van der Waals surface area contributed by atoms with Crippen LogP contribution in [-0.2, 0) is 0 Å². The Morgan fingerprint density at radius 1 is 1.18 bits per heavy atom. The molecular formula is C15H24O2. The lowest BCUT2D eigenvalue weighted by molar-refractivity contribution is 0.173. The third-order valence-electron chi connectivity index (χ3n) is 2.77. The Hall–Kier alpha value is -1.02. The van der Waals surface area contributed by atoms with Crippen LogP contribution < -0.4 is 4.74 Å². The van der Waals surface area contributed by atoms with Crippen molar-refractivity contribution in [2.24, 2.45) is 5.41 Å². The number of hydrogen-bond acceptors (Lipinski definition) is 2. The maximum atomic E-state index is 9.66. The zero-order valence-electron chi connectivity index (χ0n) is 11.4. The summed E-state index contributed by atoms with van der Waals surface area (Å²) in [7, 11) is 0. The molecule has 1 rings (SSSR count). The lowest BCUT2D eigenvalue weighted by atomic mass is 9.93. The Labute approximate surface area is 105 Å². The van der Waals surface area contributed by atoms with Crippen LogP contribution in [0.25, 0.3) is 0 Å². The van der Waals surface area contributed by atoms with Crippen LogP contribution in [0.4, 0.5) is 0 Å². The minimum absolute atomic E-state index is 0.304. The van der Waals surface area contributed by atoms with Gasteiger partial charge in [0.2, 0.25) is 0 Å². The van der Waals surface area contributed by atoms with Gasteiger partial charge in [-0.1, -0.05) is 39.8 Å². The Kier molecular flexibility index (Phi) is 5.01. The minimum Gasteiger partial charge on any atom is -0.494 e. The highest BCUT2D eigenvalue weighted by Gasteiger charge is 2.10. The Morgan fingerprint density at radius 2 is 1.76 bits per heavy atom. The molecule has 0 radical (unpaired) electrons. The maximum absolute atomic E-state index is 9.66. The van der Waals surface area contributed by atoms with E-state index in [1.807, 2.05) is 31.2 Å². The van der Waals surface area contributed by atoms with Crippen molar-refractivity contribution in [3.05, 3.63) is 29.8 Å². The summed E-state index contributed by atoms with van der Waals surface area (Å²) >= 11 is 0. The van der Waals surface area contributed by atoms with E-state index in [-0.39, 0.29) is 6.10 Å². The summed E-state index contributed by atoms with van der Waals surface area (Å²) in [5, 5.41) is 9.66. The van der Waals surface area contributed by atoms with Gasteiger partial charge in [-0.2, -0.15) is 0 Å². The van der Waals surface area contributed by atoms with Gasteiger partial charge in [-0.15, -0.1) is 0 Å². The highest BCUT2D eigenvalue weighted by molar-refractivity contribution is 5.28. The molecule has 0 saturated heterocycles. The maximum Gasteiger partial charge on any atom is 0.119 e. The van der Waals surface area contributed by atoms with Gasteiger partial charge < -0.3 is 9.84 Å². The van der Waals surface area contributed by atoms with Crippen LogP contribution in [0, 0.1) is 5.41 Å². The molecule has 96 valence electrons. The summed E-state index contributed by atoms with van der Waals surface area (Å²) in [6, 6.07) is 7.72. The van der Waals surface area contributed by atoms with Gasteiger partial charge in [-0.25, -0.2) is 0 Å². The summed E-state index contributed by atoms with van der Waals surface area (Å²) < 4.78 is 5.67. The molecule has 1 atom stereocenters. The molecule has 1 aromatic carbocycles. The highest BCUT2D eigenvalue weighted by Crippen LogP contribution is 2.22. The van der Waals surface area contributed by atoms with Crippen molar-refractivity contribution in [1.82, 2.24) is 0 Å². The molecule has 0 spiro atoms. The van der Waals surface area contributed by atoms with Crippen molar-refractivity contribution in [3.63, 3.8) is 0 Å². The van der Waals surface area contributed by atoms with E-state index in [1.54, 1.807) is 0 Å². The molecule has 0 fully saturated rings. The number of aliphatic hydroxyl groups is 1. The van der Waals surface area contributed by atoms with E-state index in [4.69, 9.17) is 4.74 Å². The molecule has 1 aromatic rings. The molecule has 0 saturated carbocycles. The Morgan fingerprint density at radius 3 is 2.24 bits per heavy atom.